The van der Waals surface area contributed by atoms with Gasteiger partial charge in [0.05, 0.1) is 16.2 Å². The summed E-state index contributed by atoms with van der Waals surface area (Å²) in [6.07, 6.45) is 1.47. The lowest BCUT2D eigenvalue weighted by Crippen LogP contribution is -1.97. The van der Waals surface area contributed by atoms with Crippen LogP contribution < -0.4 is 14.6 Å². The third kappa shape index (κ3) is 3.24. The Morgan fingerprint density at radius 1 is 1.25 bits per heavy atom. The standard InChI is InChI=1S/C19H11N3O5S/c20-8-13(5-11-1-3-16(23)15(6-11)22(24)25)19-21-14(9-28-19)12-2-4-17-18(7-12)27-10-26-17/h1-7,9,23H,10H2/p-1/b13-5-. The number of nitro benzene ring substituents is 1. The number of aromatic nitrogens is 1. The first kappa shape index (κ1) is 17.5. The summed E-state index contributed by atoms with van der Waals surface area (Å²) in [6, 6.07) is 11.2. The molecule has 2 aromatic carbocycles. The molecule has 4 rings (SSSR count). The van der Waals surface area contributed by atoms with Crippen LogP contribution in [0, 0.1) is 21.4 Å². The molecule has 0 atom stereocenters. The third-order valence-electron chi connectivity index (χ3n) is 4.01. The molecule has 9 heteroatoms. The molecule has 1 aliphatic rings. The Kier molecular flexibility index (Phi) is 4.39. The van der Waals surface area contributed by atoms with Crippen LogP contribution in [0.2, 0.25) is 0 Å². The van der Waals surface area contributed by atoms with Gasteiger partial charge >= 0.3 is 0 Å². The number of nitro groups is 1. The maximum absolute atomic E-state index is 11.5. The molecule has 0 radical (unpaired) electrons. The molecule has 138 valence electrons. The summed E-state index contributed by atoms with van der Waals surface area (Å²) in [5.74, 6) is 0.619. The lowest BCUT2D eigenvalue weighted by molar-refractivity contribution is -0.398. The third-order valence-corrected chi connectivity index (χ3v) is 4.89. The zero-order valence-corrected chi connectivity index (χ0v) is 14.9. The highest BCUT2D eigenvalue weighted by molar-refractivity contribution is 7.11. The van der Waals surface area contributed by atoms with Crippen molar-refractivity contribution in [2.75, 3.05) is 6.79 Å². The molecule has 0 aliphatic carbocycles. The zero-order valence-electron chi connectivity index (χ0n) is 14.1. The van der Waals surface area contributed by atoms with Gasteiger partial charge in [-0.05, 0) is 35.6 Å². The van der Waals surface area contributed by atoms with Gasteiger partial charge in [0.15, 0.2) is 11.5 Å². The molecule has 0 N–H and O–H groups in total. The van der Waals surface area contributed by atoms with E-state index < -0.39 is 16.4 Å². The number of hydrogen-bond acceptors (Lipinski definition) is 8. The highest BCUT2D eigenvalue weighted by Crippen LogP contribution is 2.37. The second-order valence-electron chi connectivity index (χ2n) is 5.76. The van der Waals surface area contributed by atoms with E-state index in [9.17, 15) is 20.5 Å². The maximum Gasteiger partial charge on any atom is 0.262 e. The molecule has 0 fully saturated rings. The average molecular weight is 392 g/mol. The number of allylic oxidation sites excluding steroid dienone is 1. The lowest BCUT2D eigenvalue weighted by atomic mass is 10.1. The van der Waals surface area contributed by atoms with Gasteiger partial charge in [0.2, 0.25) is 6.79 Å². The fourth-order valence-electron chi connectivity index (χ4n) is 2.66. The van der Waals surface area contributed by atoms with Crippen LogP contribution in [0.4, 0.5) is 5.69 Å². The minimum atomic E-state index is -0.743. The SMILES string of the molecule is N#C/C(=C/c1ccc([O-])c([N+](=O)[O-])c1)c1nc(-c2ccc3c(c2)OCO3)cs1. The van der Waals surface area contributed by atoms with Gasteiger partial charge in [-0.1, -0.05) is 12.1 Å². The first-order valence-corrected chi connectivity index (χ1v) is 8.86. The van der Waals surface area contributed by atoms with Crippen LogP contribution in [0.1, 0.15) is 10.6 Å². The Morgan fingerprint density at radius 2 is 2.07 bits per heavy atom. The van der Waals surface area contributed by atoms with Gasteiger partial charge in [-0.2, -0.15) is 5.26 Å². The molecule has 1 aliphatic heterocycles. The molecule has 28 heavy (non-hydrogen) atoms. The number of nitriles is 1. The molecule has 0 bridgehead atoms. The van der Waals surface area contributed by atoms with Crippen molar-refractivity contribution in [2.45, 2.75) is 0 Å². The van der Waals surface area contributed by atoms with E-state index in [0.29, 0.717) is 27.8 Å². The van der Waals surface area contributed by atoms with Gasteiger partial charge in [-0.3, -0.25) is 10.1 Å². The minimum absolute atomic E-state index is 0.177. The number of ether oxygens (including phenoxy) is 2. The van der Waals surface area contributed by atoms with Crippen LogP contribution in [0.3, 0.4) is 0 Å². The number of thiazole rings is 1. The van der Waals surface area contributed by atoms with Crippen molar-refractivity contribution < 1.29 is 19.5 Å². The predicted octanol–water partition coefficient (Wildman–Crippen LogP) is 3.58. The average Bonchev–Trinajstić information content (AvgIpc) is 3.35. The molecule has 0 amide bonds. The van der Waals surface area contributed by atoms with Crippen LogP contribution in [0.25, 0.3) is 22.9 Å². The highest BCUT2D eigenvalue weighted by atomic mass is 32.1. The number of benzene rings is 2. The maximum atomic E-state index is 11.5. The Labute approximate surface area is 162 Å². The van der Waals surface area contributed by atoms with E-state index in [1.165, 1.54) is 23.5 Å². The fraction of sp³-hybridized carbons (Fsp3) is 0.0526. The van der Waals surface area contributed by atoms with Crippen molar-refractivity contribution in [1.29, 1.82) is 5.26 Å². The molecule has 0 unspecified atom stereocenters. The van der Waals surface area contributed by atoms with Crippen LogP contribution in [0.5, 0.6) is 17.2 Å². The Bertz CT molecular complexity index is 1160. The molecule has 1 aromatic heterocycles. The lowest BCUT2D eigenvalue weighted by Gasteiger charge is -2.06. The van der Waals surface area contributed by atoms with Gasteiger partial charge in [-0.15, -0.1) is 11.3 Å². The van der Waals surface area contributed by atoms with Crippen LogP contribution in [-0.4, -0.2) is 16.7 Å². The first-order valence-electron chi connectivity index (χ1n) is 7.98. The number of hydrogen-bond donors (Lipinski definition) is 0. The van der Waals surface area contributed by atoms with Crippen LogP contribution >= 0.6 is 11.3 Å². The summed E-state index contributed by atoms with van der Waals surface area (Å²) >= 11 is 1.27. The van der Waals surface area contributed by atoms with E-state index in [2.05, 4.69) is 11.1 Å². The summed E-state index contributed by atoms with van der Waals surface area (Å²) in [6.45, 7) is 0.177. The number of fused-ring (bicyclic) bond motifs is 1. The van der Waals surface area contributed by atoms with Gasteiger partial charge in [0.1, 0.15) is 11.1 Å². The van der Waals surface area contributed by atoms with Crippen molar-refractivity contribution in [3.8, 4) is 34.6 Å². The molecular formula is C19H10N3O5S-. The van der Waals surface area contributed by atoms with Gasteiger partial charge in [0.25, 0.3) is 5.69 Å². The summed E-state index contributed by atoms with van der Waals surface area (Å²) in [4.78, 5) is 14.7. The Balaban J connectivity index is 1.67. The largest absolute Gasteiger partial charge is 0.868 e. The zero-order chi connectivity index (χ0) is 19.7. The molecule has 0 saturated carbocycles. The first-order chi connectivity index (χ1) is 13.5. The Morgan fingerprint density at radius 3 is 2.86 bits per heavy atom. The van der Waals surface area contributed by atoms with E-state index in [1.54, 1.807) is 11.4 Å². The normalized spacial score (nSPS) is 12.6. The fourth-order valence-corrected chi connectivity index (χ4v) is 3.46. The molecule has 0 saturated heterocycles. The summed E-state index contributed by atoms with van der Waals surface area (Å²) < 4.78 is 10.7. The van der Waals surface area contributed by atoms with E-state index in [0.717, 1.165) is 17.7 Å². The van der Waals surface area contributed by atoms with Gasteiger partial charge < -0.3 is 14.6 Å². The highest BCUT2D eigenvalue weighted by Gasteiger charge is 2.16. The summed E-state index contributed by atoms with van der Waals surface area (Å²) in [5.41, 5.74) is 1.56. The molecular weight excluding hydrogens is 382 g/mol. The topological polar surface area (TPSA) is 121 Å². The second-order valence-corrected chi connectivity index (χ2v) is 6.62. The van der Waals surface area contributed by atoms with E-state index in [-0.39, 0.29) is 12.4 Å². The van der Waals surface area contributed by atoms with E-state index >= 15 is 0 Å². The molecule has 8 nitrogen and oxygen atoms in total. The van der Waals surface area contributed by atoms with Crippen LogP contribution in [-0.2, 0) is 0 Å². The van der Waals surface area contributed by atoms with Crippen molar-refractivity contribution in [3.63, 3.8) is 0 Å². The Hall–Kier alpha value is -3.90. The van der Waals surface area contributed by atoms with Crippen molar-refractivity contribution in [3.05, 3.63) is 62.5 Å². The van der Waals surface area contributed by atoms with Crippen LogP contribution in [0.15, 0.2) is 41.8 Å². The summed E-state index contributed by atoms with van der Waals surface area (Å²) in [7, 11) is 0. The number of rotatable bonds is 4. The van der Waals surface area contributed by atoms with Crippen molar-refractivity contribution in [2.24, 2.45) is 0 Å². The quantitative estimate of drug-likeness (QED) is 0.378. The molecule has 2 heterocycles. The summed E-state index contributed by atoms with van der Waals surface area (Å²) in [5, 5.41) is 34.2. The van der Waals surface area contributed by atoms with Gasteiger partial charge in [-0.25, -0.2) is 4.98 Å². The van der Waals surface area contributed by atoms with Crippen molar-refractivity contribution in [1.82, 2.24) is 4.98 Å². The smallest absolute Gasteiger partial charge is 0.262 e. The molecule has 3 aromatic rings. The van der Waals surface area contributed by atoms with Crippen molar-refractivity contribution >= 4 is 28.7 Å². The van der Waals surface area contributed by atoms with Gasteiger partial charge in [0, 0.05) is 17.0 Å². The number of nitrogens with zero attached hydrogens (tertiary/aromatic N) is 3. The predicted molar refractivity (Wildman–Crippen MR) is 99.7 cm³/mol. The minimum Gasteiger partial charge on any atom is -0.868 e. The second kappa shape index (κ2) is 7.02. The monoisotopic (exact) mass is 392 g/mol. The van der Waals surface area contributed by atoms with E-state index in [1.807, 2.05) is 12.1 Å². The van der Waals surface area contributed by atoms with E-state index in [4.69, 9.17) is 9.47 Å². The molecule has 0 spiro atoms.